The van der Waals surface area contributed by atoms with Crippen molar-refractivity contribution in [3.05, 3.63) is 89.6 Å². The van der Waals surface area contributed by atoms with Crippen molar-refractivity contribution >= 4 is 23.5 Å². The van der Waals surface area contributed by atoms with Gasteiger partial charge in [-0.2, -0.15) is 0 Å². The topological polar surface area (TPSA) is 92.7 Å². The van der Waals surface area contributed by atoms with Crippen LogP contribution in [0.25, 0.3) is 0 Å². The van der Waals surface area contributed by atoms with Crippen molar-refractivity contribution in [3.8, 4) is 0 Å². The van der Waals surface area contributed by atoms with Crippen LogP contribution >= 0.6 is 11.8 Å². The fourth-order valence-electron chi connectivity index (χ4n) is 3.97. The van der Waals surface area contributed by atoms with Gasteiger partial charge in [-0.25, -0.2) is 9.78 Å². The van der Waals surface area contributed by atoms with Crippen molar-refractivity contribution in [2.45, 2.75) is 44.0 Å². The summed E-state index contributed by atoms with van der Waals surface area (Å²) in [5.74, 6) is 0.834. The van der Waals surface area contributed by atoms with Crippen LogP contribution in [0.2, 0.25) is 0 Å². The van der Waals surface area contributed by atoms with Gasteiger partial charge in [-0.1, -0.05) is 49.4 Å². The minimum Gasteiger partial charge on any atom is -0.392 e. The Morgan fingerprint density at radius 1 is 1.03 bits per heavy atom. The van der Waals surface area contributed by atoms with Gasteiger partial charge in [0.05, 0.1) is 23.8 Å². The molecule has 7 nitrogen and oxygen atoms in total. The number of pyridine rings is 1. The fourth-order valence-corrected chi connectivity index (χ4v) is 5.00. The quantitative estimate of drug-likeness (QED) is 0.369. The minimum absolute atomic E-state index is 0.00704. The Hall–Kier alpha value is -2.91. The predicted octanol–water partition coefficient (Wildman–Crippen LogP) is 5.30. The number of thioether (sulfide) groups is 1. The number of carbonyl (C=O) groups excluding carboxylic acids is 1. The molecule has 2 amide bonds. The Kier molecular flexibility index (Phi) is 8.76. The lowest BCUT2D eigenvalue weighted by atomic mass is 9.91. The number of benzene rings is 2. The molecule has 0 radical (unpaired) electrons. The standard InChI is InChI=1S/C27H31N3O4S/c1-3-28-27(32)30-22-13-11-21(12-14-22)26-33-23(17-35-24-6-4-5-15-29-24)18(2)25(34-26)20-9-7-19(16-31)8-10-20/h4-15,18,23,25-26,31H,3,16-17H2,1-2H3,(H2,28,30,32)/t18-,23+,25+,26+/m0/s1. The number of ether oxygens (including phenoxy) is 2. The van der Waals surface area contributed by atoms with Crippen molar-refractivity contribution in [2.75, 3.05) is 17.6 Å². The van der Waals surface area contributed by atoms with Crippen molar-refractivity contribution in [1.82, 2.24) is 10.3 Å². The summed E-state index contributed by atoms with van der Waals surface area (Å²) in [6, 6.07) is 21.0. The average molecular weight is 494 g/mol. The largest absolute Gasteiger partial charge is 0.392 e. The Balaban J connectivity index is 1.54. The molecule has 0 unspecified atom stereocenters. The summed E-state index contributed by atoms with van der Waals surface area (Å²) in [6.45, 7) is 4.58. The molecule has 3 N–H and O–H groups in total. The normalized spacial score (nSPS) is 21.9. The van der Waals surface area contributed by atoms with E-state index >= 15 is 0 Å². The van der Waals surface area contributed by atoms with Gasteiger partial charge in [-0.15, -0.1) is 11.8 Å². The SMILES string of the molecule is CCNC(=O)Nc1ccc([C@@H]2O[C@H](CSc3ccccn3)[C@H](C)[C@H](c3ccc(CO)cc3)O2)cc1. The highest BCUT2D eigenvalue weighted by Crippen LogP contribution is 2.43. The van der Waals surface area contributed by atoms with Crippen molar-refractivity contribution < 1.29 is 19.4 Å². The third-order valence-corrected chi connectivity index (χ3v) is 6.97. The maximum Gasteiger partial charge on any atom is 0.319 e. The van der Waals surface area contributed by atoms with E-state index in [9.17, 15) is 9.90 Å². The van der Waals surface area contributed by atoms with E-state index < -0.39 is 6.29 Å². The summed E-state index contributed by atoms with van der Waals surface area (Å²) >= 11 is 1.67. The molecule has 4 rings (SSSR count). The number of anilines is 1. The molecule has 1 saturated heterocycles. The third kappa shape index (κ3) is 6.61. The van der Waals surface area contributed by atoms with Gasteiger partial charge in [0.25, 0.3) is 0 Å². The second kappa shape index (κ2) is 12.2. The second-order valence-electron chi connectivity index (χ2n) is 8.41. The molecule has 1 fully saturated rings. The number of hydrogen-bond donors (Lipinski definition) is 3. The van der Waals surface area contributed by atoms with Crippen LogP contribution in [0.5, 0.6) is 0 Å². The van der Waals surface area contributed by atoms with Gasteiger partial charge in [0.2, 0.25) is 0 Å². The number of carbonyl (C=O) groups is 1. The Bertz CT molecular complexity index is 1080. The maximum atomic E-state index is 11.8. The zero-order valence-electron chi connectivity index (χ0n) is 19.9. The van der Waals surface area contributed by atoms with Crippen LogP contribution in [0.1, 0.15) is 42.9 Å². The Morgan fingerprint density at radius 3 is 2.43 bits per heavy atom. The first-order valence-corrected chi connectivity index (χ1v) is 12.7. The molecule has 2 heterocycles. The molecule has 0 aliphatic carbocycles. The summed E-state index contributed by atoms with van der Waals surface area (Å²) in [5.41, 5.74) is 3.48. The van der Waals surface area contributed by atoms with Crippen LogP contribution in [-0.2, 0) is 16.1 Å². The highest BCUT2D eigenvalue weighted by Gasteiger charge is 2.38. The molecule has 1 aliphatic rings. The maximum absolute atomic E-state index is 11.8. The lowest BCUT2D eigenvalue weighted by Crippen LogP contribution is -2.38. The van der Waals surface area contributed by atoms with Gasteiger partial charge < -0.3 is 25.2 Å². The lowest BCUT2D eigenvalue weighted by Gasteiger charge is -2.41. The van der Waals surface area contributed by atoms with E-state index in [1.165, 1.54) is 0 Å². The van der Waals surface area contributed by atoms with Gasteiger partial charge in [-0.3, -0.25) is 0 Å². The monoisotopic (exact) mass is 493 g/mol. The molecule has 0 saturated carbocycles. The first kappa shape index (κ1) is 25.2. The molecule has 0 spiro atoms. The number of aromatic nitrogens is 1. The first-order chi connectivity index (χ1) is 17.1. The van der Waals surface area contributed by atoms with Crippen LogP contribution in [0.4, 0.5) is 10.5 Å². The summed E-state index contributed by atoms with van der Waals surface area (Å²) in [4.78, 5) is 16.2. The number of hydrogen-bond acceptors (Lipinski definition) is 6. The van der Waals surface area contributed by atoms with Gasteiger partial charge in [0, 0.05) is 35.7 Å². The summed E-state index contributed by atoms with van der Waals surface area (Å²) in [6.07, 6.45) is 0.989. The predicted molar refractivity (Wildman–Crippen MR) is 137 cm³/mol. The van der Waals surface area contributed by atoms with Crippen LogP contribution in [0, 0.1) is 5.92 Å². The highest BCUT2D eigenvalue weighted by molar-refractivity contribution is 7.99. The first-order valence-electron chi connectivity index (χ1n) is 11.8. The van der Waals surface area contributed by atoms with Gasteiger partial charge >= 0.3 is 6.03 Å². The van der Waals surface area contributed by atoms with E-state index in [2.05, 4.69) is 22.5 Å². The zero-order valence-corrected chi connectivity index (χ0v) is 20.7. The van der Waals surface area contributed by atoms with Gasteiger partial charge in [0.1, 0.15) is 0 Å². The molecule has 4 atom stereocenters. The number of rotatable bonds is 8. The van der Waals surface area contributed by atoms with E-state index in [1.807, 2.05) is 73.7 Å². The number of aliphatic hydroxyl groups is 1. The molecule has 2 aromatic carbocycles. The molecule has 35 heavy (non-hydrogen) atoms. The molecule has 3 aromatic rings. The van der Waals surface area contributed by atoms with Crippen molar-refractivity contribution in [2.24, 2.45) is 5.92 Å². The number of amides is 2. The van der Waals surface area contributed by atoms with Crippen LogP contribution in [0.3, 0.4) is 0 Å². The third-order valence-electron chi connectivity index (χ3n) is 5.93. The summed E-state index contributed by atoms with van der Waals surface area (Å²) < 4.78 is 12.9. The fraction of sp³-hybridized carbons (Fsp3) is 0.333. The molecule has 1 aromatic heterocycles. The smallest absolute Gasteiger partial charge is 0.319 e. The average Bonchev–Trinajstić information content (AvgIpc) is 2.89. The molecule has 0 bridgehead atoms. The van der Waals surface area contributed by atoms with E-state index in [0.717, 1.165) is 27.5 Å². The minimum atomic E-state index is -0.554. The van der Waals surface area contributed by atoms with Crippen molar-refractivity contribution in [1.29, 1.82) is 0 Å². The van der Waals surface area contributed by atoms with Crippen molar-refractivity contribution in [3.63, 3.8) is 0 Å². The van der Waals surface area contributed by atoms with Gasteiger partial charge in [0.15, 0.2) is 6.29 Å². The number of urea groups is 1. The van der Waals surface area contributed by atoms with Crippen LogP contribution < -0.4 is 10.6 Å². The second-order valence-corrected chi connectivity index (χ2v) is 9.45. The number of aliphatic hydroxyl groups excluding tert-OH is 1. The highest BCUT2D eigenvalue weighted by atomic mass is 32.2. The number of nitrogens with one attached hydrogen (secondary N) is 2. The molecule has 184 valence electrons. The molecular formula is C27H31N3O4S. The van der Waals surface area contributed by atoms with Crippen LogP contribution in [-0.4, -0.2) is 34.5 Å². The zero-order chi connectivity index (χ0) is 24.6. The lowest BCUT2D eigenvalue weighted by molar-refractivity contribution is -0.268. The van der Waals surface area contributed by atoms with E-state index in [4.69, 9.17) is 9.47 Å². The molecular weight excluding hydrogens is 462 g/mol. The van der Waals surface area contributed by atoms with Gasteiger partial charge in [-0.05, 0) is 42.3 Å². The molecule has 8 heteroatoms. The Morgan fingerprint density at radius 2 is 1.77 bits per heavy atom. The summed E-state index contributed by atoms with van der Waals surface area (Å²) in [5, 5.41) is 15.9. The van der Waals surface area contributed by atoms with E-state index in [-0.39, 0.29) is 30.8 Å². The summed E-state index contributed by atoms with van der Waals surface area (Å²) in [7, 11) is 0. The molecule has 1 aliphatic heterocycles. The Labute approximate surface area is 210 Å². The van der Waals surface area contributed by atoms with E-state index in [0.29, 0.717) is 12.2 Å². The number of nitrogens with zero attached hydrogens (tertiary/aromatic N) is 1. The van der Waals surface area contributed by atoms with Crippen LogP contribution in [0.15, 0.2) is 78.0 Å². The van der Waals surface area contributed by atoms with E-state index in [1.54, 1.807) is 18.0 Å².